The molecule has 4 N–H and O–H groups in total. The molecule has 1 rings (SSSR count). The summed E-state index contributed by atoms with van der Waals surface area (Å²) < 4.78 is 0. The summed E-state index contributed by atoms with van der Waals surface area (Å²) in [6, 6.07) is 8.46. The molecular formula is C12H20N2. The second kappa shape index (κ2) is 5.78. The molecule has 0 amide bonds. The molecule has 0 radical (unpaired) electrons. The van der Waals surface area contributed by atoms with Crippen LogP contribution in [0.1, 0.15) is 36.9 Å². The van der Waals surface area contributed by atoms with Crippen LogP contribution in [0.25, 0.3) is 0 Å². The minimum Gasteiger partial charge on any atom is -0.329 e. The molecule has 78 valence electrons. The first-order chi connectivity index (χ1) is 6.77. The third-order valence-electron chi connectivity index (χ3n) is 2.48. The number of aryl methyl sites for hydroxylation is 1. The lowest BCUT2D eigenvalue weighted by atomic mass is 10.0. The van der Waals surface area contributed by atoms with Crippen molar-refractivity contribution < 1.29 is 0 Å². The third-order valence-corrected chi connectivity index (χ3v) is 2.48. The predicted molar refractivity (Wildman–Crippen MR) is 61.0 cm³/mol. The number of benzene rings is 1. The molecule has 0 bridgehead atoms. The molecule has 0 aliphatic carbocycles. The minimum atomic E-state index is -0.0183. The topological polar surface area (TPSA) is 52.0 Å². The lowest BCUT2D eigenvalue weighted by Gasteiger charge is -2.09. The SMILES string of the molecule is CCCCc1ccc([C@@H](N)CN)cc1. The first kappa shape index (κ1) is 11.2. The third kappa shape index (κ3) is 3.13. The van der Waals surface area contributed by atoms with Gasteiger partial charge in [0.2, 0.25) is 0 Å². The van der Waals surface area contributed by atoms with Crippen LogP contribution in [0.15, 0.2) is 24.3 Å². The van der Waals surface area contributed by atoms with E-state index in [4.69, 9.17) is 11.5 Å². The number of rotatable bonds is 5. The van der Waals surface area contributed by atoms with Gasteiger partial charge in [-0.3, -0.25) is 0 Å². The molecule has 0 saturated carbocycles. The maximum atomic E-state index is 5.82. The molecule has 0 spiro atoms. The van der Waals surface area contributed by atoms with Crippen LogP contribution in [0.4, 0.5) is 0 Å². The van der Waals surface area contributed by atoms with E-state index in [1.807, 2.05) is 0 Å². The molecular weight excluding hydrogens is 172 g/mol. The average molecular weight is 192 g/mol. The summed E-state index contributed by atoms with van der Waals surface area (Å²) in [5.41, 5.74) is 13.8. The van der Waals surface area contributed by atoms with E-state index in [0.29, 0.717) is 6.54 Å². The fourth-order valence-corrected chi connectivity index (χ4v) is 1.45. The van der Waals surface area contributed by atoms with Crippen molar-refractivity contribution in [3.05, 3.63) is 35.4 Å². The standard InChI is InChI=1S/C12H20N2/c1-2-3-4-10-5-7-11(8-6-10)12(14)9-13/h5-8,12H,2-4,9,13-14H2,1H3/t12-/m0/s1. The number of nitrogens with two attached hydrogens (primary N) is 2. The zero-order chi connectivity index (χ0) is 10.4. The van der Waals surface area contributed by atoms with E-state index in [0.717, 1.165) is 12.0 Å². The Morgan fingerprint density at radius 3 is 2.36 bits per heavy atom. The van der Waals surface area contributed by atoms with Crippen LogP contribution in [0, 0.1) is 0 Å². The molecule has 2 nitrogen and oxygen atoms in total. The van der Waals surface area contributed by atoms with Crippen LogP contribution in [0.3, 0.4) is 0 Å². The van der Waals surface area contributed by atoms with E-state index >= 15 is 0 Å². The quantitative estimate of drug-likeness (QED) is 0.749. The monoisotopic (exact) mass is 192 g/mol. The van der Waals surface area contributed by atoms with Gasteiger partial charge >= 0.3 is 0 Å². The highest BCUT2D eigenvalue weighted by atomic mass is 14.7. The molecule has 1 aromatic rings. The molecule has 0 fully saturated rings. The summed E-state index contributed by atoms with van der Waals surface area (Å²) in [6.07, 6.45) is 3.65. The van der Waals surface area contributed by atoms with Gasteiger partial charge in [-0.25, -0.2) is 0 Å². The zero-order valence-electron chi connectivity index (χ0n) is 8.87. The molecule has 1 aromatic carbocycles. The van der Waals surface area contributed by atoms with Crippen LogP contribution < -0.4 is 11.5 Å². The Bertz CT molecular complexity index is 254. The van der Waals surface area contributed by atoms with Crippen molar-refractivity contribution in [2.75, 3.05) is 6.54 Å². The number of hydrogen-bond donors (Lipinski definition) is 2. The van der Waals surface area contributed by atoms with Crippen molar-refractivity contribution in [2.45, 2.75) is 32.2 Å². The maximum absolute atomic E-state index is 5.82. The smallest absolute Gasteiger partial charge is 0.0419 e. The highest BCUT2D eigenvalue weighted by molar-refractivity contribution is 5.25. The van der Waals surface area contributed by atoms with E-state index < -0.39 is 0 Å². The van der Waals surface area contributed by atoms with E-state index in [1.54, 1.807) is 0 Å². The molecule has 0 aromatic heterocycles. The molecule has 0 unspecified atom stereocenters. The fourth-order valence-electron chi connectivity index (χ4n) is 1.45. The normalized spacial score (nSPS) is 12.8. The van der Waals surface area contributed by atoms with Crippen LogP contribution in [-0.2, 0) is 6.42 Å². The van der Waals surface area contributed by atoms with E-state index in [2.05, 4.69) is 31.2 Å². The Morgan fingerprint density at radius 1 is 1.21 bits per heavy atom. The first-order valence-electron chi connectivity index (χ1n) is 5.32. The van der Waals surface area contributed by atoms with Crippen LogP contribution >= 0.6 is 0 Å². The highest BCUT2D eigenvalue weighted by Crippen LogP contribution is 2.12. The summed E-state index contributed by atoms with van der Waals surface area (Å²) in [5.74, 6) is 0. The Labute approximate surface area is 86.3 Å². The largest absolute Gasteiger partial charge is 0.329 e. The van der Waals surface area contributed by atoms with Crippen LogP contribution in [0.5, 0.6) is 0 Å². The Hall–Kier alpha value is -0.860. The summed E-state index contributed by atoms with van der Waals surface area (Å²) >= 11 is 0. The maximum Gasteiger partial charge on any atom is 0.0419 e. The van der Waals surface area contributed by atoms with Gasteiger partial charge in [0, 0.05) is 12.6 Å². The molecule has 0 saturated heterocycles. The molecule has 0 aliphatic rings. The summed E-state index contributed by atoms with van der Waals surface area (Å²) in [5, 5.41) is 0. The highest BCUT2D eigenvalue weighted by Gasteiger charge is 2.02. The van der Waals surface area contributed by atoms with E-state index in [1.165, 1.54) is 18.4 Å². The summed E-state index contributed by atoms with van der Waals surface area (Å²) in [4.78, 5) is 0. The lowest BCUT2D eigenvalue weighted by Crippen LogP contribution is -2.20. The van der Waals surface area contributed by atoms with Crippen molar-refractivity contribution >= 4 is 0 Å². The van der Waals surface area contributed by atoms with E-state index in [9.17, 15) is 0 Å². The lowest BCUT2D eigenvalue weighted by molar-refractivity contribution is 0.735. The van der Waals surface area contributed by atoms with Gasteiger partial charge in [-0.2, -0.15) is 0 Å². The molecule has 0 heterocycles. The molecule has 2 heteroatoms. The van der Waals surface area contributed by atoms with Crippen molar-refractivity contribution in [3.63, 3.8) is 0 Å². The second-order valence-corrected chi connectivity index (χ2v) is 3.69. The Balaban J connectivity index is 2.59. The second-order valence-electron chi connectivity index (χ2n) is 3.69. The number of unbranched alkanes of at least 4 members (excludes halogenated alkanes) is 1. The minimum absolute atomic E-state index is 0.0183. The van der Waals surface area contributed by atoms with Gasteiger partial charge in [0.15, 0.2) is 0 Å². The van der Waals surface area contributed by atoms with Crippen LogP contribution in [-0.4, -0.2) is 6.54 Å². The van der Waals surface area contributed by atoms with Crippen molar-refractivity contribution in [1.82, 2.24) is 0 Å². The first-order valence-corrected chi connectivity index (χ1v) is 5.32. The van der Waals surface area contributed by atoms with Crippen molar-refractivity contribution in [1.29, 1.82) is 0 Å². The zero-order valence-corrected chi connectivity index (χ0v) is 8.87. The van der Waals surface area contributed by atoms with Gasteiger partial charge in [0.1, 0.15) is 0 Å². The summed E-state index contributed by atoms with van der Waals surface area (Å²) in [7, 11) is 0. The molecule has 0 aliphatic heterocycles. The fraction of sp³-hybridized carbons (Fsp3) is 0.500. The van der Waals surface area contributed by atoms with Crippen molar-refractivity contribution in [2.24, 2.45) is 11.5 Å². The van der Waals surface area contributed by atoms with Gasteiger partial charge in [-0.15, -0.1) is 0 Å². The van der Waals surface area contributed by atoms with Crippen LogP contribution in [0.2, 0.25) is 0 Å². The Kier molecular flexibility index (Phi) is 4.63. The van der Waals surface area contributed by atoms with Crippen molar-refractivity contribution in [3.8, 4) is 0 Å². The number of hydrogen-bond acceptors (Lipinski definition) is 2. The summed E-state index contributed by atoms with van der Waals surface area (Å²) in [6.45, 7) is 2.72. The predicted octanol–water partition coefficient (Wildman–Crippen LogP) is 1.99. The van der Waals surface area contributed by atoms with Gasteiger partial charge < -0.3 is 11.5 Å². The van der Waals surface area contributed by atoms with E-state index in [-0.39, 0.29) is 6.04 Å². The molecule has 1 atom stereocenters. The van der Waals surface area contributed by atoms with Gasteiger partial charge in [0.25, 0.3) is 0 Å². The average Bonchev–Trinajstić information content (AvgIpc) is 2.26. The van der Waals surface area contributed by atoms with Gasteiger partial charge in [-0.1, -0.05) is 37.6 Å². The molecule has 14 heavy (non-hydrogen) atoms. The Morgan fingerprint density at radius 2 is 1.86 bits per heavy atom. The van der Waals surface area contributed by atoms with Gasteiger partial charge in [0.05, 0.1) is 0 Å². The van der Waals surface area contributed by atoms with Gasteiger partial charge in [-0.05, 0) is 24.0 Å².